The van der Waals surface area contributed by atoms with E-state index in [2.05, 4.69) is 36.5 Å². The van der Waals surface area contributed by atoms with Gasteiger partial charge in [-0.2, -0.15) is 0 Å². The molecule has 0 saturated heterocycles. The first kappa shape index (κ1) is 17.8. The number of halogens is 1. The molecule has 0 aliphatic rings. The molecule has 136 valence electrons. The van der Waals surface area contributed by atoms with Gasteiger partial charge in [0.2, 0.25) is 5.91 Å². The lowest BCUT2D eigenvalue weighted by molar-refractivity contribution is -0.115. The van der Waals surface area contributed by atoms with Crippen molar-refractivity contribution in [2.45, 2.75) is 19.8 Å². The largest absolute Gasteiger partial charge is 0.324 e. The van der Waals surface area contributed by atoms with Gasteiger partial charge in [0.05, 0.1) is 22.8 Å². The Hall–Kier alpha value is -2.63. The number of nitrogens with zero attached hydrogens (tertiary/aromatic N) is 2. The van der Waals surface area contributed by atoms with Crippen molar-refractivity contribution in [2.24, 2.45) is 0 Å². The fraction of sp³-hybridized carbons (Fsp3) is 0.143. The fourth-order valence-electron chi connectivity index (χ4n) is 2.93. The van der Waals surface area contributed by atoms with Crippen molar-refractivity contribution in [1.82, 2.24) is 9.38 Å². The van der Waals surface area contributed by atoms with Crippen molar-refractivity contribution < 1.29 is 4.79 Å². The van der Waals surface area contributed by atoms with Crippen LogP contribution in [-0.4, -0.2) is 15.3 Å². The molecule has 4 aromatic rings. The Morgan fingerprint density at radius 3 is 2.70 bits per heavy atom. The van der Waals surface area contributed by atoms with Gasteiger partial charge in [0.25, 0.3) is 0 Å². The molecule has 2 aromatic carbocycles. The smallest absolute Gasteiger partial charge is 0.230 e. The third kappa shape index (κ3) is 3.75. The van der Waals surface area contributed by atoms with Crippen molar-refractivity contribution >= 4 is 39.5 Å². The van der Waals surface area contributed by atoms with E-state index in [9.17, 15) is 4.79 Å². The van der Waals surface area contributed by atoms with Gasteiger partial charge in [-0.25, -0.2) is 4.98 Å². The van der Waals surface area contributed by atoms with Gasteiger partial charge in [-0.15, -0.1) is 11.3 Å². The van der Waals surface area contributed by atoms with E-state index in [1.807, 2.05) is 28.1 Å². The van der Waals surface area contributed by atoms with Gasteiger partial charge in [0.15, 0.2) is 4.96 Å². The first-order valence-electron chi connectivity index (χ1n) is 8.73. The molecule has 2 heterocycles. The van der Waals surface area contributed by atoms with Crippen LogP contribution in [0.3, 0.4) is 0 Å². The van der Waals surface area contributed by atoms with E-state index in [1.165, 1.54) is 16.9 Å². The van der Waals surface area contributed by atoms with E-state index in [4.69, 9.17) is 16.6 Å². The molecule has 0 saturated carbocycles. The number of fused-ring (bicyclic) bond motifs is 1. The van der Waals surface area contributed by atoms with Crippen LogP contribution in [0.5, 0.6) is 0 Å². The van der Waals surface area contributed by atoms with Gasteiger partial charge in [-0.1, -0.05) is 54.9 Å². The number of rotatable bonds is 5. The van der Waals surface area contributed by atoms with Crippen LogP contribution < -0.4 is 5.32 Å². The summed E-state index contributed by atoms with van der Waals surface area (Å²) in [7, 11) is 0. The number of aromatic nitrogens is 2. The van der Waals surface area contributed by atoms with Crippen LogP contribution in [0.25, 0.3) is 16.2 Å². The Morgan fingerprint density at radius 1 is 1.19 bits per heavy atom. The summed E-state index contributed by atoms with van der Waals surface area (Å²) in [5, 5.41) is 5.36. The van der Waals surface area contributed by atoms with Gasteiger partial charge in [-0.05, 0) is 24.1 Å². The van der Waals surface area contributed by atoms with Crippen molar-refractivity contribution in [3.8, 4) is 11.3 Å². The van der Waals surface area contributed by atoms with Gasteiger partial charge >= 0.3 is 0 Å². The van der Waals surface area contributed by atoms with Crippen molar-refractivity contribution in [3.63, 3.8) is 0 Å². The zero-order valence-electron chi connectivity index (χ0n) is 14.8. The third-order valence-electron chi connectivity index (χ3n) is 4.43. The van der Waals surface area contributed by atoms with E-state index in [1.54, 1.807) is 12.1 Å². The molecule has 0 unspecified atom stereocenters. The maximum absolute atomic E-state index is 12.4. The molecule has 0 aliphatic heterocycles. The summed E-state index contributed by atoms with van der Waals surface area (Å²) in [5.41, 5.74) is 4.82. The molecule has 0 radical (unpaired) electrons. The van der Waals surface area contributed by atoms with Gasteiger partial charge in [-0.3, -0.25) is 9.20 Å². The quantitative estimate of drug-likeness (QED) is 0.487. The maximum Gasteiger partial charge on any atom is 0.230 e. The molecule has 0 atom stereocenters. The number of carbonyl (C=O) groups excluding carboxylic acids is 1. The summed E-state index contributed by atoms with van der Waals surface area (Å²) < 4.78 is 1.99. The van der Waals surface area contributed by atoms with Crippen molar-refractivity contribution in [3.05, 3.63) is 76.4 Å². The number of anilines is 1. The Labute approximate surface area is 166 Å². The van der Waals surface area contributed by atoms with E-state index in [0.29, 0.717) is 10.7 Å². The van der Waals surface area contributed by atoms with Crippen LogP contribution in [0.1, 0.15) is 18.2 Å². The molecule has 0 spiro atoms. The number of aryl methyl sites for hydroxylation is 1. The minimum atomic E-state index is -0.106. The zero-order valence-corrected chi connectivity index (χ0v) is 16.3. The molecule has 1 amide bonds. The number of nitrogens with one attached hydrogen (secondary N) is 1. The second-order valence-corrected chi connectivity index (χ2v) is 7.50. The lowest BCUT2D eigenvalue weighted by atomic mass is 10.1. The zero-order chi connectivity index (χ0) is 18.8. The molecular formula is C21H18ClN3OS. The minimum Gasteiger partial charge on any atom is -0.324 e. The molecule has 0 bridgehead atoms. The molecule has 1 N–H and O–H groups in total. The predicted molar refractivity (Wildman–Crippen MR) is 112 cm³/mol. The number of thiazole rings is 1. The monoisotopic (exact) mass is 395 g/mol. The predicted octanol–water partition coefficient (Wildman–Crippen LogP) is 5.46. The second-order valence-electron chi connectivity index (χ2n) is 6.26. The molecule has 6 heteroatoms. The van der Waals surface area contributed by atoms with Crippen LogP contribution >= 0.6 is 22.9 Å². The number of hydrogen-bond acceptors (Lipinski definition) is 3. The number of amides is 1. The van der Waals surface area contributed by atoms with Crippen LogP contribution in [0.2, 0.25) is 5.02 Å². The van der Waals surface area contributed by atoms with Crippen LogP contribution in [-0.2, 0) is 17.6 Å². The first-order chi connectivity index (χ1) is 13.1. The summed E-state index contributed by atoms with van der Waals surface area (Å²) in [4.78, 5) is 18.0. The Morgan fingerprint density at radius 2 is 1.96 bits per heavy atom. The molecule has 27 heavy (non-hydrogen) atoms. The highest BCUT2D eigenvalue weighted by molar-refractivity contribution is 7.15. The summed E-state index contributed by atoms with van der Waals surface area (Å²) in [6, 6.07) is 15.7. The topological polar surface area (TPSA) is 46.4 Å². The Kier molecular flexibility index (Phi) is 4.97. The SMILES string of the molecule is CCc1ccc(-c2cn3c(CC(=O)Nc4ccccc4Cl)csc3n2)cc1. The molecule has 2 aromatic heterocycles. The highest BCUT2D eigenvalue weighted by Crippen LogP contribution is 2.25. The molecule has 4 nitrogen and oxygen atoms in total. The van der Waals surface area contributed by atoms with Crippen molar-refractivity contribution in [2.75, 3.05) is 5.32 Å². The van der Waals surface area contributed by atoms with Gasteiger partial charge < -0.3 is 5.32 Å². The Balaban J connectivity index is 1.55. The third-order valence-corrected chi connectivity index (χ3v) is 5.65. The lowest BCUT2D eigenvalue weighted by Gasteiger charge is -2.06. The average Bonchev–Trinajstić information content (AvgIpc) is 3.26. The molecular weight excluding hydrogens is 378 g/mol. The number of hydrogen-bond donors (Lipinski definition) is 1. The summed E-state index contributed by atoms with van der Waals surface area (Å²) in [6.45, 7) is 2.14. The minimum absolute atomic E-state index is 0.106. The Bertz CT molecular complexity index is 1100. The van der Waals surface area contributed by atoms with E-state index in [-0.39, 0.29) is 12.3 Å². The number of imidazole rings is 1. The highest BCUT2D eigenvalue weighted by atomic mass is 35.5. The van der Waals surface area contributed by atoms with E-state index >= 15 is 0 Å². The number of para-hydroxylation sites is 1. The summed E-state index contributed by atoms with van der Waals surface area (Å²) >= 11 is 7.64. The number of carbonyl (C=O) groups is 1. The van der Waals surface area contributed by atoms with Crippen LogP contribution in [0, 0.1) is 0 Å². The average molecular weight is 396 g/mol. The highest BCUT2D eigenvalue weighted by Gasteiger charge is 2.13. The van der Waals surface area contributed by atoms with E-state index in [0.717, 1.165) is 28.3 Å². The molecule has 0 aliphatic carbocycles. The summed E-state index contributed by atoms with van der Waals surface area (Å²) in [6.07, 6.45) is 3.27. The maximum atomic E-state index is 12.4. The normalized spacial score (nSPS) is 11.0. The van der Waals surface area contributed by atoms with Gasteiger partial charge in [0, 0.05) is 22.8 Å². The second kappa shape index (κ2) is 7.55. The van der Waals surface area contributed by atoms with Gasteiger partial charge in [0.1, 0.15) is 0 Å². The van der Waals surface area contributed by atoms with E-state index < -0.39 is 0 Å². The fourth-order valence-corrected chi connectivity index (χ4v) is 3.98. The lowest BCUT2D eigenvalue weighted by Crippen LogP contribution is -2.15. The first-order valence-corrected chi connectivity index (χ1v) is 9.99. The number of benzene rings is 2. The van der Waals surface area contributed by atoms with Crippen LogP contribution in [0.15, 0.2) is 60.1 Å². The standard InChI is InChI=1S/C21H18ClN3OS/c1-2-14-7-9-15(10-8-14)19-12-25-16(13-27-21(25)24-19)11-20(26)23-18-6-4-3-5-17(18)22/h3-10,12-13H,2,11H2,1H3,(H,23,26). The van der Waals surface area contributed by atoms with Crippen LogP contribution in [0.4, 0.5) is 5.69 Å². The molecule has 4 rings (SSSR count). The summed E-state index contributed by atoms with van der Waals surface area (Å²) in [5.74, 6) is -0.106. The molecule has 0 fully saturated rings. The van der Waals surface area contributed by atoms with Crippen molar-refractivity contribution in [1.29, 1.82) is 0 Å².